The van der Waals surface area contributed by atoms with Gasteiger partial charge in [-0.2, -0.15) is 5.10 Å². The second-order valence-electron chi connectivity index (χ2n) is 7.65. The van der Waals surface area contributed by atoms with E-state index in [9.17, 15) is 9.59 Å². The van der Waals surface area contributed by atoms with E-state index in [-0.39, 0.29) is 11.5 Å². The molecule has 3 heterocycles. The summed E-state index contributed by atoms with van der Waals surface area (Å²) in [5.41, 5.74) is 1.28. The average molecular weight is 344 g/mol. The van der Waals surface area contributed by atoms with E-state index in [1.165, 1.54) is 24.3 Å². The first-order chi connectivity index (χ1) is 12.0. The van der Waals surface area contributed by atoms with Gasteiger partial charge >= 0.3 is 0 Å². The fraction of sp³-hybridized carbons (Fsp3) is 0.632. The first-order valence-corrected chi connectivity index (χ1v) is 9.25. The van der Waals surface area contributed by atoms with Crippen LogP contribution >= 0.6 is 0 Å². The molecule has 2 aliphatic rings. The van der Waals surface area contributed by atoms with Crippen LogP contribution in [0.25, 0.3) is 0 Å². The number of carbonyl (C=O) groups is 1. The number of H-pyrrole nitrogens is 1. The van der Waals surface area contributed by atoms with E-state index in [1.807, 2.05) is 4.90 Å². The van der Waals surface area contributed by atoms with E-state index in [2.05, 4.69) is 35.5 Å². The fourth-order valence-corrected chi connectivity index (χ4v) is 3.98. The van der Waals surface area contributed by atoms with Gasteiger partial charge in [0.2, 0.25) is 0 Å². The molecule has 6 heteroatoms. The number of aromatic amines is 1. The number of fused-ring (bicyclic) bond motifs is 1. The van der Waals surface area contributed by atoms with Crippen LogP contribution in [0.2, 0.25) is 0 Å². The van der Waals surface area contributed by atoms with Crippen molar-refractivity contribution in [1.29, 1.82) is 0 Å². The summed E-state index contributed by atoms with van der Waals surface area (Å²) in [5.74, 6) is 1.08. The van der Waals surface area contributed by atoms with Gasteiger partial charge in [-0.3, -0.25) is 9.59 Å². The van der Waals surface area contributed by atoms with E-state index in [0.717, 1.165) is 38.9 Å². The number of rotatable bonds is 4. The number of amides is 1. The van der Waals surface area contributed by atoms with Crippen LogP contribution in [0.1, 0.15) is 50.0 Å². The quantitative estimate of drug-likeness (QED) is 0.910. The molecular weight excluding hydrogens is 316 g/mol. The number of hydrogen-bond acceptors (Lipinski definition) is 4. The van der Waals surface area contributed by atoms with Crippen LogP contribution in [0, 0.1) is 11.8 Å². The highest BCUT2D eigenvalue weighted by atomic mass is 16.2. The summed E-state index contributed by atoms with van der Waals surface area (Å²) in [5, 5.41) is 6.22. The predicted octanol–water partition coefficient (Wildman–Crippen LogP) is 2.26. The van der Waals surface area contributed by atoms with Gasteiger partial charge in [0.15, 0.2) is 0 Å². The number of allylic oxidation sites excluding steroid dienone is 1. The lowest BCUT2D eigenvalue weighted by Gasteiger charge is -2.49. The third-order valence-corrected chi connectivity index (χ3v) is 5.44. The predicted molar refractivity (Wildman–Crippen MR) is 97.2 cm³/mol. The maximum atomic E-state index is 12.7. The maximum absolute atomic E-state index is 12.7. The van der Waals surface area contributed by atoms with Crippen molar-refractivity contribution in [3.63, 3.8) is 0 Å². The molecule has 0 unspecified atom stereocenters. The van der Waals surface area contributed by atoms with Crippen LogP contribution in [0.4, 0.5) is 0 Å². The Kier molecular flexibility index (Phi) is 5.25. The normalized spacial score (nSPS) is 23.7. The molecule has 1 N–H and O–H groups in total. The number of likely N-dealkylation sites (tertiary alicyclic amines) is 2. The van der Waals surface area contributed by atoms with Gasteiger partial charge in [0.05, 0.1) is 0 Å². The smallest absolute Gasteiger partial charge is 0.274 e. The lowest BCUT2D eigenvalue weighted by atomic mass is 9.82. The first kappa shape index (κ1) is 17.7. The summed E-state index contributed by atoms with van der Waals surface area (Å²) in [4.78, 5) is 28.2. The van der Waals surface area contributed by atoms with Gasteiger partial charge in [0.25, 0.3) is 11.5 Å². The molecule has 0 radical (unpaired) electrons. The molecule has 1 amide bonds. The molecule has 0 aromatic carbocycles. The third-order valence-electron chi connectivity index (χ3n) is 5.44. The van der Waals surface area contributed by atoms with Crippen molar-refractivity contribution in [3.05, 3.63) is 40.5 Å². The number of carbonyl (C=O) groups excluding carboxylic acids is 1. The van der Waals surface area contributed by atoms with E-state index in [0.29, 0.717) is 23.6 Å². The monoisotopic (exact) mass is 344 g/mol. The van der Waals surface area contributed by atoms with Crippen molar-refractivity contribution in [3.8, 4) is 0 Å². The van der Waals surface area contributed by atoms with Gasteiger partial charge in [-0.15, -0.1) is 0 Å². The van der Waals surface area contributed by atoms with E-state index in [4.69, 9.17) is 0 Å². The number of nitrogens with one attached hydrogen (secondary N) is 1. The molecule has 0 spiro atoms. The van der Waals surface area contributed by atoms with Crippen LogP contribution in [0.3, 0.4) is 0 Å². The van der Waals surface area contributed by atoms with Crippen molar-refractivity contribution in [1.82, 2.24) is 20.0 Å². The van der Waals surface area contributed by atoms with Crippen molar-refractivity contribution in [2.75, 3.05) is 19.6 Å². The second-order valence-corrected chi connectivity index (χ2v) is 7.65. The molecule has 25 heavy (non-hydrogen) atoms. The summed E-state index contributed by atoms with van der Waals surface area (Å²) >= 11 is 0. The highest BCUT2D eigenvalue weighted by Crippen LogP contribution is 2.35. The Hall–Kier alpha value is -2.11. The Morgan fingerprint density at radius 2 is 2.20 bits per heavy atom. The third kappa shape index (κ3) is 3.94. The summed E-state index contributed by atoms with van der Waals surface area (Å²) in [6, 6.07) is 3.35. The van der Waals surface area contributed by atoms with Gasteiger partial charge in [-0.1, -0.05) is 20.4 Å². The van der Waals surface area contributed by atoms with Crippen molar-refractivity contribution >= 4 is 5.91 Å². The van der Waals surface area contributed by atoms with E-state index < -0.39 is 0 Å². The van der Waals surface area contributed by atoms with Crippen molar-refractivity contribution in [2.45, 2.75) is 45.6 Å². The number of aromatic nitrogens is 2. The largest absolute Gasteiger partial charge is 0.372 e. The summed E-state index contributed by atoms with van der Waals surface area (Å²) in [7, 11) is 0. The second kappa shape index (κ2) is 7.42. The fourth-order valence-electron chi connectivity index (χ4n) is 3.98. The van der Waals surface area contributed by atoms with Gasteiger partial charge in [-0.05, 0) is 43.6 Å². The molecule has 0 saturated carbocycles. The zero-order chi connectivity index (χ0) is 18.0. The summed E-state index contributed by atoms with van der Waals surface area (Å²) < 4.78 is 0. The van der Waals surface area contributed by atoms with Gasteiger partial charge < -0.3 is 9.80 Å². The van der Waals surface area contributed by atoms with Crippen LogP contribution in [-0.2, 0) is 0 Å². The Morgan fingerprint density at radius 1 is 1.40 bits per heavy atom. The van der Waals surface area contributed by atoms with Crippen LogP contribution in [0.15, 0.2) is 29.2 Å². The lowest BCUT2D eigenvalue weighted by molar-refractivity contribution is 0.0358. The van der Waals surface area contributed by atoms with Crippen LogP contribution < -0.4 is 5.56 Å². The molecule has 0 bridgehead atoms. The molecular formula is C19H28N4O2. The van der Waals surface area contributed by atoms with Crippen molar-refractivity contribution in [2.24, 2.45) is 11.8 Å². The maximum Gasteiger partial charge on any atom is 0.274 e. The van der Waals surface area contributed by atoms with E-state index >= 15 is 0 Å². The van der Waals surface area contributed by atoms with Crippen LogP contribution in [0.5, 0.6) is 0 Å². The lowest BCUT2D eigenvalue weighted by Crippen LogP contribution is -2.54. The molecule has 2 saturated heterocycles. The Balaban J connectivity index is 1.67. The van der Waals surface area contributed by atoms with E-state index in [1.54, 1.807) is 0 Å². The zero-order valence-electron chi connectivity index (χ0n) is 15.2. The SMILES string of the molecule is C=C1CC[C@@H]2CN(C(=O)c3ccc(=O)[nH]n3)CC[C@@H]2N1CCC(C)C. The minimum absolute atomic E-state index is 0.0900. The van der Waals surface area contributed by atoms with Crippen molar-refractivity contribution < 1.29 is 4.79 Å². The number of hydrogen-bond donors (Lipinski definition) is 1. The topological polar surface area (TPSA) is 69.3 Å². The van der Waals surface area contributed by atoms with Gasteiger partial charge in [-0.25, -0.2) is 5.10 Å². The van der Waals surface area contributed by atoms with Gasteiger partial charge in [0.1, 0.15) is 5.69 Å². The number of nitrogens with zero attached hydrogens (tertiary/aromatic N) is 3. The van der Waals surface area contributed by atoms with Gasteiger partial charge in [0, 0.05) is 37.4 Å². The van der Waals surface area contributed by atoms with Crippen LogP contribution in [-0.4, -0.2) is 51.6 Å². The highest BCUT2D eigenvalue weighted by molar-refractivity contribution is 5.92. The Bertz CT molecular complexity index is 676. The molecule has 2 fully saturated rings. The first-order valence-electron chi connectivity index (χ1n) is 9.25. The molecule has 2 aliphatic heterocycles. The molecule has 1 aromatic rings. The minimum atomic E-state index is -0.290. The average Bonchev–Trinajstić information content (AvgIpc) is 2.60. The minimum Gasteiger partial charge on any atom is -0.372 e. The standard InChI is InChI=1S/C19H28N4O2/c1-13(2)8-11-23-14(3)4-5-15-12-22(10-9-17(15)23)19(25)16-6-7-18(24)21-20-16/h6-7,13,15,17H,3-5,8-12H2,1-2H3,(H,21,24)/t15-,17+/m1/s1. The molecule has 6 nitrogen and oxygen atoms in total. The summed E-state index contributed by atoms with van der Waals surface area (Å²) in [6.45, 7) is 11.3. The zero-order valence-corrected chi connectivity index (χ0v) is 15.2. The molecule has 136 valence electrons. The Morgan fingerprint density at radius 3 is 2.88 bits per heavy atom. The Labute approximate surface area is 148 Å². The molecule has 1 aromatic heterocycles. The molecule has 0 aliphatic carbocycles. The highest BCUT2D eigenvalue weighted by Gasteiger charge is 2.38. The number of piperidine rings is 2. The molecule has 3 rings (SSSR count). The summed E-state index contributed by atoms with van der Waals surface area (Å²) in [6.07, 6.45) is 4.24. The molecule has 2 atom stereocenters.